The second-order valence-electron chi connectivity index (χ2n) is 7.98. The Bertz CT molecular complexity index is 941. The van der Waals surface area contributed by atoms with E-state index in [4.69, 9.17) is 4.74 Å². The maximum atomic E-state index is 13.5. The lowest BCUT2D eigenvalue weighted by molar-refractivity contribution is -0.384. The number of carbonyl (C=O) groups excluding carboxylic acids is 1. The average Bonchev–Trinajstić information content (AvgIpc) is 3.22. The van der Waals surface area contributed by atoms with E-state index in [0.717, 1.165) is 56.0 Å². The molecule has 8 heteroatoms. The number of ether oxygens (including phenoxy) is 1. The molecule has 0 unspecified atom stereocenters. The van der Waals surface area contributed by atoms with E-state index in [2.05, 4.69) is 9.80 Å². The van der Waals surface area contributed by atoms with Crippen molar-refractivity contribution in [2.75, 3.05) is 56.2 Å². The summed E-state index contributed by atoms with van der Waals surface area (Å²) in [6, 6.07) is 12.6. The zero-order valence-electron chi connectivity index (χ0n) is 17.8. The Morgan fingerprint density at radius 3 is 2.29 bits per heavy atom. The van der Waals surface area contributed by atoms with Crippen molar-refractivity contribution in [3.05, 3.63) is 58.1 Å². The first-order chi connectivity index (χ1) is 15.1. The lowest BCUT2D eigenvalue weighted by Crippen LogP contribution is -2.36. The molecule has 4 rings (SSSR count). The number of non-ortho nitro benzene ring substituents is 1. The van der Waals surface area contributed by atoms with E-state index in [-0.39, 0.29) is 11.6 Å². The van der Waals surface area contributed by atoms with E-state index in [9.17, 15) is 14.9 Å². The normalized spacial score (nSPS) is 16.9. The number of rotatable bonds is 5. The summed E-state index contributed by atoms with van der Waals surface area (Å²) in [4.78, 5) is 30.6. The molecule has 2 aliphatic rings. The molecule has 0 spiro atoms. The van der Waals surface area contributed by atoms with Crippen LogP contribution < -0.4 is 14.5 Å². The lowest BCUT2D eigenvalue weighted by Gasteiger charge is -2.26. The quantitative estimate of drug-likeness (QED) is 0.539. The van der Waals surface area contributed by atoms with Gasteiger partial charge in [0.25, 0.3) is 11.6 Å². The molecule has 2 fully saturated rings. The predicted molar refractivity (Wildman–Crippen MR) is 120 cm³/mol. The highest BCUT2D eigenvalue weighted by Crippen LogP contribution is 2.30. The lowest BCUT2D eigenvalue weighted by atomic mass is 10.1. The van der Waals surface area contributed by atoms with Crippen molar-refractivity contribution >= 4 is 23.0 Å². The van der Waals surface area contributed by atoms with Crippen LogP contribution in [0, 0.1) is 10.1 Å². The minimum Gasteiger partial charge on any atom is -0.497 e. The number of nitrogens with zero attached hydrogens (tertiary/aromatic N) is 4. The summed E-state index contributed by atoms with van der Waals surface area (Å²) < 4.78 is 5.24. The molecular weight excluding hydrogens is 396 g/mol. The number of nitro benzene ring substituents is 1. The van der Waals surface area contributed by atoms with Crippen LogP contribution in [-0.2, 0) is 0 Å². The van der Waals surface area contributed by atoms with Gasteiger partial charge in [-0.2, -0.15) is 0 Å². The van der Waals surface area contributed by atoms with Crippen LogP contribution in [0.5, 0.6) is 5.75 Å². The SMILES string of the molecule is COc1ccc(N2CCCN(C(=O)c3cc([N+](=O)[O-])ccc3N3CCCC3)CC2)cc1. The van der Waals surface area contributed by atoms with Crippen LogP contribution in [0.2, 0.25) is 0 Å². The smallest absolute Gasteiger partial charge is 0.270 e. The molecule has 164 valence electrons. The number of nitro groups is 1. The standard InChI is InChI=1S/C23H28N4O4/c1-31-20-8-5-18(6-9-20)24-13-4-14-26(16-15-24)23(28)21-17-19(27(29)30)7-10-22(21)25-11-2-3-12-25/h5-10,17H,2-4,11-16H2,1H3. The van der Waals surface area contributed by atoms with Gasteiger partial charge in [0.2, 0.25) is 0 Å². The van der Waals surface area contributed by atoms with Crippen molar-refractivity contribution in [2.24, 2.45) is 0 Å². The summed E-state index contributed by atoms with van der Waals surface area (Å²) in [7, 11) is 1.65. The summed E-state index contributed by atoms with van der Waals surface area (Å²) in [6.45, 7) is 4.53. The van der Waals surface area contributed by atoms with Gasteiger partial charge >= 0.3 is 0 Å². The molecular formula is C23H28N4O4. The minimum absolute atomic E-state index is 0.0408. The molecule has 0 aromatic heterocycles. The maximum absolute atomic E-state index is 13.5. The highest BCUT2D eigenvalue weighted by Gasteiger charge is 2.27. The summed E-state index contributed by atoms with van der Waals surface area (Å²) in [5.74, 6) is 0.692. The van der Waals surface area contributed by atoms with Crippen molar-refractivity contribution in [1.29, 1.82) is 0 Å². The largest absolute Gasteiger partial charge is 0.497 e. The Morgan fingerprint density at radius 2 is 1.61 bits per heavy atom. The average molecular weight is 425 g/mol. The summed E-state index contributed by atoms with van der Waals surface area (Å²) in [5, 5.41) is 11.3. The van der Waals surface area contributed by atoms with Crippen LogP contribution in [0.4, 0.5) is 17.1 Å². The van der Waals surface area contributed by atoms with Gasteiger partial charge in [0.05, 0.1) is 23.3 Å². The second-order valence-corrected chi connectivity index (χ2v) is 7.98. The fourth-order valence-electron chi connectivity index (χ4n) is 4.38. The Labute approximate surface area is 182 Å². The predicted octanol–water partition coefficient (Wildman–Crippen LogP) is 3.56. The molecule has 0 N–H and O–H groups in total. The Balaban J connectivity index is 1.53. The number of hydrogen-bond acceptors (Lipinski definition) is 6. The van der Waals surface area contributed by atoms with Crippen LogP contribution in [0.1, 0.15) is 29.6 Å². The van der Waals surface area contributed by atoms with Gasteiger partial charge in [-0.05, 0) is 49.6 Å². The fraction of sp³-hybridized carbons (Fsp3) is 0.435. The van der Waals surface area contributed by atoms with Crippen LogP contribution in [0.25, 0.3) is 0 Å². The van der Waals surface area contributed by atoms with Crippen LogP contribution >= 0.6 is 0 Å². The molecule has 8 nitrogen and oxygen atoms in total. The molecule has 2 saturated heterocycles. The third kappa shape index (κ3) is 4.57. The van der Waals surface area contributed by atoms with Gasteiger partial charge in [0.15, 0.2) is 0 Å². The summed E-state index contributed by atoms with van der Waals surface area (Å²) in [5.41, 5.74) is 2.31. The van der Waals surface area contributed by atoms with Gasteiger partial charge in [-0.3, -0.25) is 14.9 Å². The number of anilines is 2. The van der Waals surface area contributed by atoms with Crippen molar-refractivity contribution in [3.63, 3.8) is 0 Å². The molecule has 0 bridgehead atoms. The van der Waals surface area contributed by atoms with E-state index in [0.29, 0.717) is 25.2 Å². The van der Waals surface area contributed by atoms with E-state index >= 15 is 0 Å². The van der Waals surface area contributed by atoms with E-state index < -0.39 is 4.92 Å². The topological polar surface area (TPSA) is 79.2 Å². The minimum atomic E-state index is -0.432. The fourth-order valence-corrected chi connectivity index (χ4v) is 4.38. The monoisotopic (exact) mass is 424 g/mol. The van der Waals surface area contributed by atoms with Crippen molar-refractivity contribution in [3.8, 4) is 5.75 Å². The van der Waals surface area contributed by atoms with Gasteiger partial charge < -0.3 is 19.4 Å². The Kier molecular flexibility index (Phi) is 6.25. The first-order valence-corrected chi connectivity index (χ1v) is 10.8. The van der Waals surface area contributed by atoms with Crippen molar-refractivity contribution in [2.45, 2.75) is 19.3 Å². The van der Waals surface area contributed by atoms with Gasteiger partial charge in [-0.1, -0.05) is 0 Å². The first-order valence-electron chi connectivity index (χ1n) is 10.8. The van der Waals surface area contributed by atoms with Gasteiger partial charge in [0, 0.05) is 57.1 Å². The molecule has 2 heterocycles. The zero-order valence-corrected chi connectivity index (χ0v) is 17.8. The Morgan fingerprint density at radius 1 is 0.903 bits per heavy atom. The number of hydrogen-bond donors (Lipinski definition) is 0. The van der Waals surface area contributed by atoms with E-state index in [1.807, 2.05) is 29.2 Å². The highest BCUT2D eigenvalue weighted by molar-refractivity contribution is 6.00. The van der Waals surface area contributed by atoms with Crippen molar-refractivity contribution < 1.29 is 14.5 Å². The summed E-state index contributed by atoms with van der Waals surface area (Å²) in [6.07, 6.45) is 2.99. The molecule has 2 aliphatic heterocycles. The molecule has 31 heavy (non-hydrogen) atoms. The van der Waals surface area contributed by atoms with Crippen LogP contribution in [0.3, 0.4) is 0 Å². The molecule has 0 aliphatic carbocycles. The van der Waals surface area contributed by atoms with Crippen LogP contribution in [-0.4, -0.2) is 62.1 Å². The molecule has 1 amide bonds. The van der Waals surface area contributed by atoms with Crippen molar-refractivity contribution in [1.82, 2.24) is 4.90 Å². The number of carbonyl (C=O) groups is 1. The maximum Gasteiger partial charge on any atom is 0.270 e. The third-order valence-electron chi connectivity index (χ3n) is 6.09. The Hall–Kier alpha value is -3.29. The van der Waals surface area contributed by atoms with Gasteiger partial charge in [-0.25, -0.2) is 0 Å². The molecule has 0 radical (unpaired) electrons. The van der Waals surface area contributed by atoms with E-state index in [1.165, 1.54) is 12.1 Å². The first kappa shape index (κ1) is 21.0. The van der Waals surface area contributed by atoms with E-state index in [1.54, 1.807) is 13.2 Å². The molecule has 2 aromatic carbocycles. The molecule has 0 saturated carbocycles. The number of benzene rings is 2. The second kappa shape index (κ2) is 9.24. The zero-order chi connectivity index (χ0) is 21.8. The summed E-state index contributed by atoms with van der Waals surface area (Å²) >= 11 is 0. The van der Waals surface area contributed by atoms with Crippen LogP contribution in [0.15, 0.2) is 42.5 Å². The van der Waals surface area contributed by atoms with Gasteiger partial charge in [-0.15, -0.1) is 0 Å². The highest BCUT2D eigenvalue weighted by atomic mass is 16.6. The molecule has 2 aromatic rings. The number of amides is 1. The molecule has 0 atom stereocenters. The van der Waals surface area contributed by atoms with Gasteiger partial charge in [0.1, 0.15) is 5.75 Å². The number of methoxy groups -OCH3 is 1. The third-order valence-corrected chi connectivity index (χ3v) is 6.09.